The molecule has 1 aromatic rings. The Kier molecular flexibility index (Phi) is 4.10. The topological polar surface area (TPSA) is 41.3 Å². The summed E-state index contributed by atoms with van der Waals surface area (Å²) < 4.78 is 1.76. The predicted octanol–water partition coefficient (Wildman–Crippen LogP) is 1.05. The molecular weight excluding hydrogens is 202 g/mol. The van der Waals surface area contributed by atoms with Gasteiger partial charge in [-0.15, -0.1) is 0 Å². The monoisotopic (exact) mass is 225 g/mol. The van der Waals surface area contributed by atoms with Crippen LogP contribution in [0.1, 0.15) is 25.8 Å². The number of aliphatic hydroxyl groups is 1. The van der Waals surface area contributed by atoms with Gasteiger partial charge in [0.05, 0.1) is 12.3 Å². The van der Waals surface area contributed by atoms with Crippen molar-refractivity contribution < 1.29 is 5.11 Å². The molecule has 1 rings (SSSR count). The first-order chi connectivity index (χ1) is 7.40. The van der Waals surface area contributed by atoms with Gasteiger partial charge in [0.15, 0.2) is 0 Å². The van der Waals surface area contributed by atoms with Crippen LogP contribution in [0.3, 0.4) is 0 Å². The average Bonchev–Trinajstić information content (AvgIpc) is 2.62. The van der Waals surface area contributed by atoms with E-state index in [0.29, 0.717) is 6.42 Å². The zero-order chi connectivity index (χ0) is 12.3. The van der Waals surface area contributed by atoms with E-state index in [0.717, 1.165) is 12.0 Å². The summed E-state index contributed by atoms with van der Waals surface area (Å²) in [6.45, 7) is 4.19. The van der Waals surface area contributed by atoms with E-state index in [1.807, 2.05) is 33.5 Å². The molecule has 4 heteroatoms. The van der Waals surface area contributed by atoms with Gasteiger partial charge in [-0.2, -0.15) is 5.10 Å². The summed E-state index contributed by atoms with van der Waals surface area (Å²) in [6.07, 6.45) is 4.96. The molecule has 0 bridgehead atoms. The van der Waals surface area contributed by atoms with Crippen LogP contribution in [0, 0.1) is 0 Å². The number of hydrogen-bond acceptors (Lipinski definition) is 3. The van der Waals surface area contributed by atoms with Crippen molar-refractivity contribution >= 4 is 0 Å². The van der Waals surface area contributed by atoms with Crippen molar-refractivity contribution in [2.75, 3.05) is 14.1 Å². The molecule has 2 atom stereocenters. The second-order valence-corrected chi connectivity index (χ2v) is 4.85. The van der Waals surface area contributed by atoms with E-state index in [9.17, 15) is 5.11 Å². The van der Waals surface area contributed by atoms with E-state index in [2.05, 4.69) is 23.8 Å². The smallest absolute Gasteiger partial charge is 0.0762 e. The van der Waals surface area contributed by atoms with Crippen LogP contribution in [0.4, 0.5) is 0 Å². The molecule has 0 saturated carbocycles. The number of likely N-dealkylation sites (N-methyl/N-ethyl adjacent to an activating group) is 1. The number of aromatic nitrogens is 2. The van der Waals surface area contributed by atoms with Crippen molar-refractivity contribution in [3.63, 3.8) is 0 Å². The molecule has 0 aliphatic heterocycles. The first-order valence-corrected chi connectivity index (χ1v) is 5.73. The van der Waals surface area contributed by atoms with Gasteiger partial charge in [-0.25, -0.2) is 0 Å². The van der Waals surface area contributed by atoms with E-state index >= 15 is 0 Å². The molecule has 1 heterocycles. The lowest BCUT2D eigenvalue weighted by Gasteiger charge is -2.39. The van der Waals surface area contributed by atoms with E-state index in [1.54, 1.807) is 4.68 Å². The summed E-state index contributed by atoms with van der Waals surface area (Å²) in [4.78, 5) is 2.09. The molecule has 16 heavy (non-hydrogen) atoms. The van der Waals surface area contributed by atoms with Crippen molar-refractivity contribution in [3.05, 3.63) is 18.0 Å². The lowest BCUT2D eigenvalue weighted by molar-refractivity contribution is 0.00300. The maximum Gasteiger partial charge on any atom is 0.0762 e. The van der Waals surface area contributed by atoms with Gasteiger partial charge in [-0.05, 0) is 33.0 Å². The zero-order valence-electron chi connectivity index (χ0n) is 10.9. The van der Waals surface area contributed by atoms with Crippen molar-refractivity contribution in [1.82, 2.24) is 14.7 Å². The Morgan fingerprint density at radius 1 is 1.56 bits per heavy atom. The molecule has 1 N–H and O–H groups in total. The van der Waals surface area contributed by atoms with Crippen LogP contribution in [0.5, 0.6) is 0 Å². The van der Waals surface area contributed by atoms with Gasteiger partial charge in [0.25, 0.3) is 0 Å². The third-order valence-corrected chi connectivity index (χ3v) is 3.64. The summed E-state index contributed by atoms with van der Waals surface area (Å²) >= 11 is 0. The van der Waals surface area contributed by atoms with Crippen LogP contribution in [0.15, 0.2) is 12.4 Å². The molecule has 0 fully saturated rings. The third kappa shape index (κ3) is 2.62. The van der Waals surface area contributed by atoms with Crippen LogP contribution in [0.2, 0.25) is 0 Å². The lowest BCUT2D eigenvalue weighted by Crippen LogP contribution is -2.51. The first kappa shape index (κ1) is 13.2. The quantitative estimate of drug-likeness (QED) is 0.814. The summed E-state index contributed by atoms with van der Waals surface area (Å²) in [5.41, 5.74) is 0.895. The molecule has 0 saturated heterocycles. The Hall–Kier alpha value is -0.870. The SMILES string of the molecule is CCC(C)(C(O)Cc1cnn(C)c1)N(C)C. The van der Waals surface area contributed by atoms with Gasteiger partial charge >= 0.3 is 0 Å². The Bertz CT molecular complexity index is 335. The standard InChI is InChI=1S/C12H23N3O/c1-6-12(2,14(3)4)11(16)7-10-8-13-15(5)9-10/h8-9,11,16H,6-7H2,1-5H3. The molecule has 2 unspecified atom stereocenters. The molecule has 92 valence electrons. The number of aliphatic hydroxyl groups excluding tert-OH is 1. The van der Waals surface area contributed by atoms with Crippen LogP contribution >= 0.6 is 0 Å². The van der Waals surface area contributed by atoms with Gasteiger partial charge in [0.2, 0.25) is 0 Å². The Labute approximate surface area is 97.9 Å². The molecular formula is C12H23N3O. The van der Waals surface area contributed by atoms with Crippen molar-refractivity contribution in [3.8, 4) is 0 Å². The van der Waals surface area contributed by atoms with Gasteiger partial charge in [0, 0.05) is 25.2 Å². The Balaban J connectivity index is 2.73. The summed E-state index contributed by atoms with van der Waals surface area (Å²) in [5, 5.41) is 14.4. The highest BCUT2D eigenvalue weighted by molar-refractivity contribution is 5.08. The fraction of sp³-hybridized carbons (Fsp3) is 0.750. The summed E-state index contributed by atoms with van der Waals surface area (Å²) in [7, 11) is 5.91. The lowest BCUT2D eigenvalue weighted by atomic mass is 9.87. The number of rotatable bonds is 5. The minimum Gasteiger partial charge on any atom is -0.391 e. The van der Waals surface area contributed by atoms with Crippen LogP contribution in [-0.4, -0.2) is 45.5 Å². The number of nitrogens with zero attached hydrogens (tertiary/aromatic N) is 3. The van der Waals surface area contributed by atoms with Gasteiger partial charge in [-0.3, -0.25) is 4.68 Å². The van der Waals surface area contributed by atoms with Crippen LogP contribution in [0.25, 0.3) is 0 Å². The second kappa shape index (κ2) is 4.97. The van der Waals surface area contributed by atoms with Crippen molar-refractivity contribution in [2.45, 2.75) is 38.3 Å². The third-order valence-electron chi connectivity index (χ3n) is 3.64. The van der Waals surface area contributed by atoms with Gasteiger partial charge in [0.1, 0.15) is 0 Å². The van der Waals surface area contributed by atoms with Crippen molar-refractivity contribution in [1.29, 1.82) is 0 Å². The molecule has 0 aliphatic carbocycles. The maximum absolute atomic E-state index is 10.3. The maximum atomic E-state index is 10.3. The van der Waals surface area contributed by atoms with Crippen LogP contribution in [-0.2, 0) is 13.5 Å². The molecule has 0 amide bonds. The highest BCUT2D eigenvalue weighted by atomic mass is 16.3. The fourth-order valence-electron chi connectivity index (χ4n) is 1.87. The molecule has 1 aromatic heterocycles. The number of aryl methyl sites for hydroxylation is 1. The van der Waals surface area contributed by atoms with E-state index in [-0.39, 0.29) is 11.6 Å². The minimum absolute atomic E-state index is 0.185. The minimum atomic E-state index is -0.378. The molecule has 0 aliphatic rings. The van der Waals surface area contributed by atoms with Gasteiger partial charge in [-0.1, -0.05) is 6.92 Å². The first-order valence-electron chi connectivity index (χ1n) is 5.73. The summed E-state index contributed by atoms with van der Waals surface area (Å²) in [6, 6.07) is 0. The molecule has 0 spiro atoms. The van der Waals surface area contributed by atoms with E-state index in [1.165, 1.54) is 0 Å². The molecule has 0 aromatic carbocycles. The number of hydrogen-bond donors (Lipinski definition) is 1. The highest BCUT2D eigenvalue weighted by Crippen LogP contribution is 2.23. The molecule has 4 nitrogen and oxygen atoms in total. The fourth-order valence-corrected chi connectivity index (χ4v) is 1.87. The highest BCUT2D eigenvalue weighted by Gasteiger charge is 2.33. The van der Waals surface area contributed by atoms with E-state index in [4.69, 9.17) is 0 Å². The average molecular weight is 225 g/mol. The van der Waals surface area contributed by atoms with Crippen molar-refractivity contribution in [2.24, 2.45) is 7.05 Å². The van der Waals surface area contributed by atoms with Gasteiger partial charge < -0.3 is 10.0 Å². The Morgan fingerprint density at radius 3 is 2.56 bits per heavy atom. The zero-order valence-corrected chi connectivity index (χ0v) is 10.9. The normalized spacial score (nSPS) is 17.4. The largest absolute Gasteiger partial charge is 0.391 e. The van der Waals surface area contributed by atoms with Crippen LogP contribution < -0.4 is 0 Å². The summed E-state index contributed by atoms with van der Waals surface area (Å²) in [5.74, 6) is 0. The molecule has 0 radical (unpaired) electrons. The van der Waals surface area contributed by atoms with E-state index < -0.39 is 0 Å². The Morgan fingerprint density at radius 2 is 2.19 bits per heavy atom. The second-order valence-electron chi connectivity index (χ2n) is 4.85. The predicted molar refractivity (Wildman–Crippen MR) is 65.3 cm³/mol.